The number of benzene rings is 2. The molecule has 2 aromatic carbocycles. The number of nitrogens with zero attached hydrogens (tertiary/aromatic N) is 3. The number of non-ortho nitro benzene ring substituents is 1. The van der Waals surface area contributed by atoms with E-state index in [1.54, 1.807) is 33.9 Å². The molecule has 0 radical (unpaired) electrons. The molecular weight excluding hydrogens is 516 g/mol. The monoisotopic (exact) mass is 554 g/mol. The number of nitro benzene ring substituents is 1. The maximum Gasteiger partial charge on any atom is 0.311 e. The van der Waals surface area contributed by atoms with Gasteiger partial charge in [-0.25, -0.2) is 0 Å². The molecule has 0 amide bonds. The van der Waals surface area contributed by atoms with Gasteiger partial charge in [0, 0.05) is 68.1 Å². The molecule has 2 fully saturated rings. The zero-order chi connectivity index (χ0) is 29.2. The highest BCUT2D eigenvalue weighted by Gasteiger charge is 2.65. The van der Waals surface area contributed by atoms with Crippen molar-refractivity contribution in [3.05, 3.63) is 64.2 Å². The summed E-state index contributed by atoms with van der Waals surface area (Å²) >= 11 is 0. The molecular formula is C29H38N4O7. The summed E-state index contributed by atoms with van der Waals surface area (Å²) in [4.78, 5) is 41.6. The summed E-state index contributed by atoms with van der Waals surface area (Å²) < 4.78 is 5.35. The summed E-state index contributed by atoms with van der Waals surface area (Å²) in [6.45, 7) is 8.42. The summed E-state index contributed by atoms with van der Waals surface area (Å²) in [7, 11) is 1.63. The highest BCUT2D eigenvalue weighted by atomic mass is 16.6. The van der Waals surface area contributed by atoms with E-state index in [9.17, 15) is 29.9 Å². The Morgan fingerprint density at radius 3 is 2.33 bits per heavy atom. The number of aliphatic carboxylic acids is 2. The van der Waals surface area contributed by atoms with Gasteiger partial charge in [0.25, 0.3) is 5.69 Å². The second-order valence-corrected chi connectivity index (χ2v) is 11.1. The number of piperazine rings is 1. The number of ether oxygens (including phenoxy) is 1. The van der Waals surface area contributed by atoms with E-state index in [2.05, 4.69) is 15.1 Å². The van der Waals surface area contributed by atoms with Crippen LogP contribution in [0.15, 0.2) is 48.5 Å². The number of hydrogen-bond donors (Lipinski definition) is 3. The van der Waals surface area contributed by atoms with E-state index in [1.807, 2.05) is 24.3 Å². The molecule has 11 heteroatoms. The van der Waals surface area contributed by atoms with Crippen LogP contribution in [0.25, 0.3) is 0 Å². The zero-order valence-electron chi connectivity index (χ0n) is 23.4. The van der Waals surface area contributed by atoms with Crippen molar-refractivity contribution in [3.63, 3.8) is 0 Å². The fourth-order valence-electron chi connectivity index (χ4n) is 6.66. The third-order valence-electron chi connectivity index (χ3n) is 9.19. The van der Waals surface area contributed by atoms with E-state index in [4.69, 9.17) is 4.74 Å². The van der Waals surface area contributed by atoms with Gasteiger partial charge in [0.15, 0.2) is 0 Å². The first-order valence-corrected chi connectivity index (χ1v) is 13.5. The first-order valence-electron chi connectivity index (χ1n) is 13.5. The van der Waals surface area contributed by atoms with Crippen molar-refractivity contribution >= 4 is 23.3 Å². The Morgan fingerprint density at radius 1 is 1.05 bits per heavy atom. The maximum absolute atomic E-state index is 13.3. The first-order chi connectivity index (χ1) is 18.9. The van der Waals surface area contributed by atoms with E-state index in [-0.39, 0.29) is 12.1 Å². The number of carbonyl (C=O) groups is 2. The summed E-state index contributed by atoms with van der Waals surface area (Å²) in [6, 6.07) is 12.5. The molecule has 0 saturated carbocycles. The van der Waals surface area contributed by atoms with Gasteiger partial charge >= 0.3 is 11.9 Å². The van der Waals surface area contributed by atoms with Crippen LogP contribution in [0.5, 0.6) is 5.75 Å². The maximum atomic E-state index is 13.3. The summed E-state index contributed by atoms with van der Waals surface area (Å²) in [5.41, 5.74) is -1.85. The smallest absolute Gasteiger partial charge is 0.311 e. The van der Waals surface area contributed by atoms with Crippen LogP contribution in [0.4, 0.5) is 11.4 Å². The summed E-state index contributed by atoms with van der Waals surface area (Å²) in [5.74, 6) is -2.49. The highest BCUT2D eigenvalue weighted by molar-refractivity contribution is 5.84. The van der Waals surface area contributed by atoms with E-state index < -0.39 is 45.7 Å². The van der Waals surface area contributed by atoms with Crippen LogP contribution < -0.4 is 15.0 Å². The molecule has 5 atom stereocenters. The SMILES string of the molecule is COc1cccc(N2CCN(CCC3(C(=O)O)C(C)NC(C)C(C)(C(=O)O)C3c3cccc([N+](=O)[O-])c3)CC2)c1. The predicted octanol–water partition coefficient (Wildman–Crippen LogP) is 3.44. The van der Waals surface area contributed by atoms with Gasteiger partial charge in [-0.2, -0.15) is 0 Å². The van der Waals surface area contributed by atoms with Crippen LogP contribution in [0.3, 0.4) is 0 Å². The second kappa shape index (κ2) is 11.4. The number of carboxylic acid groups (broad SMARTS) is 2. The molecule has 2 heterocycles. The van der Waals surface area contributed by atoms with E-state index >= 15 is 0 Å². The number of carboxylic acids is 2. The minimum Gasteiger partial charge on any atom is -0.497 e. The van der Waals surface area contributed by atoms with E-state index in [0.717, 1.165) is 24.5 Å². The number of nitrogens with one attached hydrogen (secondary N) is 1. The number of piperidine rings is 1. The quantitative estimate of drug-likeness (QED) is 0.311. The minimum absolute atomic E-state index is 0.179. The lowest BCUT2D eigenvalue weighted by Gasteiger charge is -2.56. The van der Waals surface area contributed by atoms with Crippen LogP contribution in [0.2, 0.25) is 0 Å². The summed E-state index contributed by atoms with van der Waals surface area (Å²) in [6.07, 6.45) is 0.179. The molecule has 2 aliphatic rings. The molecule has 11 nitrogen and oxygen atoms in total. The van der Waals surface area contributed by atoms with Gasteiger partial charge in [-0.1, -0.05) is 18.2 Å². The molecule has 5 unspecified atom stereocenters. The zero-order valence-corrected chi connectivity index (χ0v) is 23.4. The number of methoxy groups -OCH3 is 1. The topological polar surface area (TPSA) is 145 Å². The third kappa shape index (κ3) is 5.11. The van der Waals surface area contributed by atoms with Gasteiger partial charge in [-0.15, -0.1) is 0 Å². The van der Waals surface area contributed by atoms with Crippen molar-refractivity contribution in [1.82, 2.24) is 10.2 Å². The number of nitro groups is 1. The highest BCUT2D eigenvalue weighted by Crippen LogP contribution is 2.57. The molecule has 0 aliphatic carbocycles. The number of anilines is 1. The van der Waals surface area contributed by atoms with E-state index in [0.29, 0.717) is 25.2 Å². The Kier molecular flexibility index (Phi) is 8.36. The van der Waals surface area contributed by atoms with Crippen molar-refractivity contribution in [2.45, 2.75) is 45.2 Å². The van der Waals surface area contributed by atoms with Crippen molar-refractivity contribution in [2.75, 3.05) is 44.7 Å². The minimum atomic E-state index is -1.54. The standard InChI is InChI=1S/C29H38N4O7/c1-19-28(3,26(34)35)25(21-7-5-9-23(17-21)33(38)39)29(27(36)37,20(2)30-19)11-12-31-13-15-32(16-14-31)22-8-6-10-24(18-22)40-4/h5-10,17-20,25,30H,11-16H2,1-4H3,(H,34,35)(H,36,37). The average Bonchev–Trinajstić information content (AvgIpc) is 2.94. The lowest BCUT2D eigenvalue weighted by atomic mass is 9.51. The van der Waals surface area contributed by atoms with Gasteiger partial charge in [0.2, 0.25) is 0 Å². The van der Waals surface area contributed by atoms with Crippen LogP contribution in [0.1, 0.15) is 38.7 Å². The molecule has 216 valence electrons. The summed E-state index contributed by atoms with van der Waals surface area (Å²) in [5, 5.41) is 36.2. The van der Waals surface area contributed by atoms with Crippen LogP contribution in [-0.4, -0.2) is 83.9 Å². The van der Waals surface area contributed by atoms with Crippen molar-refractivity contribution in [3.8, 4) is 5.75 Å². The Labute approximate surface area is 233 Å². The molecule has 40 heavy (non-hydrogen) atoms. The lowest BCUT2D eigenvalue weighted by molar-refractivity contribution is -0.385. The molecule has 0 spiro atoms. The normalized spacial score (nSPS) is 29.1. The molecule has 3 N–H and O–H groups in total. The van der Waals surface area contributed by atoms with Crippen LogP contribution >= 0.6 is 0 Å². The van der Waals surface area contributed by atoms with Crippen LogP contribution in [0, 0.1) is 20.9 Å². The predicted molar refractivity (Wildman–Crippen MR) is 150 cm³/mol. The number of rotatable bonds is 9. The largest absolute Gasteiger partial charge is 0.497 e. The Morgan fingerprint density at radius 2 is 1.73 bits per heavy atom. The third-order valence-corrected chi connectivity index (χ3v) is 9.19. The Balaban J connectivity index is 1.65. The van der Waals surface area contributed by atoms with Gasteiger partial charge in [-0.05, 0) is 51.4 Å². The lowest BCUT2D eigenvalue weighted by Crippen LogP contribution is -2.69. The number of hydrogen-bond acceptors (Lipinski definition) is 8. The first kappa shape index (κ1) is 29.3. The van der Waals surface area contributed by atoms with E-state index in [1.165, 1.54) is 18.2 Å². The fraction of sp³-hybridized carbons (Fsp3) is 0.517. The van der Waals surface area contributed by atoms with Gasteiger partial charge in [-0.3, -0.25) is 24.6 Å². The van der Waals surface area contributed by atoms with Gasteiger partial charge in [0.05, 0.1) is 22.9 Å². The molecule has 2 aliphatic heterocycles. The average molecular weight is 555 g/mol. The Bertz CT molecular complexity index is 1260. The van der Waals surface area contributed by atoms with Crippen molar-refractivity contribution < 1.29 is 29.5 Å². The molecule has 2 saturated heterocycles. The van der Waals surface area contributed by atoms with Crippen LogP contribution in [-0.2, 0) is 9.59 Å². The van der Waals surface area contributed by atoms with Crippen molar-refractivity contribution in [1.29, 1.82) is 0 Å². The second-order valence-electron chi connectivity index (χ2n) is 11.1. The Hall–Kier alpha value is -3.70. The fourth-order valence-corrected chi connectivity index (χ4v) is 6.66. The molecule has 0 aromatic heterocycles. The molecule has 0 bridgehead atoms. The molecule has 4 rings (SSSR count). The van der Waals surface area contributed by atoms with Gasteiger partial charge in [0.1, 0.15) is 5.75 Å². The van der Waals surface area contributed by atoms with Crippen molar-refractivity contribution in [2.24, 2.45) is 10.8 Å². The molecule has 2 aromatic rings. The van der Waals surface area contributed by atoms with Gasteiger partial charge < -0.3 is 25.2 Å².